The molecule has 0 aliphatic carbocycles. The van der Waals surface area contributed by atoms with Crippen LogP contribution in [0.3, 0.4) is 0 Å². The van der Waals surface area contributed by atoms with Crippen LogP contribution in [0.25, 0.3) is 11.3 Å². The first-order valence-corrected chi connectivity index (χ1v) is 7.69. The highest BCUT2D eigenvalue weighted by atomic mass is 19.1. The van der Waals surface area contributed by atoms with E-state index >= 15 is 0 Å². The summed E-state index contributed by atoms with van der Waals surface area (Å²) in [5.41, 5.74) is 3.89. The van der Waals surface area contributed by atoms with E-state index < -0.39 is 11.7 Å². The number of carbonyl (C=O) groups excluding carboxylic acids is 1. The van der Waals surface area contributed by atoms with Crippen molar-refractivity contribution >= 4 is 5.91 Å². The van der Waals surface area contributed by atoms with Crippen molar-refractivity contribution in [2.75, 3.05) is 0 Å². The van der Waals surface area contributed by atoms with Crippen molar-refractivity contribution in [2.45, 2.75) is 13.5 Å². The van der Waals surface area contributed by atoms with Crippen molar-refractivity contribution in [1.29, 1.82) is 0 Å². The van der Waals surface area contributed by atoms with E-state index in [0.29, 0.717) is 0 Å². The quantitative estimate of drug-likeness (QED) is 0.785. The molecule has 1 heterocycles. The molecule has 0 radical (unpaired) electrons. The summed E-state index contributed by atoms with van der Waals surface area (Å²) in [5, 5.41) is 2.76. The zero-order valence-corrected chi connectivity index (χ0v) is 13.3. The number of pyridine rings is 1. The van der Waals surface area contributed by atoms with Crippen molar-refractivity contribution in [1.82, 2.24) is 10.3 Å². The van der Waals surface area contributed by atoms with Gasteiger partial charge in [0.05, 0.1) is 11.3 Å². The standard InChI is InChI=1S/C20H17FN2O/c1-14-8-10-15(11-9-14)19-16(5-4-12-22-19)13-23-20(24)17-6-2-3-7-18(17)21/h2-12H,13H2,1H3,(H,23,24). The van der Waals surface area contributed by atoms with Crippen molar-refractivity contribution in [2.24, 2.45) is 0 Å². The van der Waals surface area contributed by atoms with Crippen LogP contribution in [0.1, 0.15) is 21.5 Å². The summed E-state index contributed by atoms with van der Waals surface area (Å²) in [5.74, 6) is -0.966. The van der Waals surface area contributed by atoms with Crippen LogP contribution in [0.15, 0.2) is 66.9 Å². The SMILES string of the molecule is Cc1ccc(-c2ncccc2CNC(=O)c2ccccc2F)cc1. The molecule has 24 heavy (non-hydrogen) atoms. The fourth-order valence-corrected chi connectivity index (χ4v) is 2.47. The van der Waals surface area contributed by atoms with Crippen LogP contribution < -0.4 is 5.32 Å². The number of nitrogens with one attached hydrogen (secondary N) is 1. The minimum Gasteiger partial charge on any atom is -0.348 e. The molecule has 0 aliphatic heterocycles. The number of aryl methyl sites for hydroxylation is 1. The summed E-state index contributed by atoms with van der Waals surface area (Å²) in [4.78, 5) is 16.6. The number of hydrogen-bond donors (Lipinski definition) is 1. The van der Waals surface area contributed by atoms with Gasteiger partial charge in [0.1, 0.15) is 5.82 Å². The van der Waals surface area contributed by atoms with Gasteiger partial charge in [-0.1, -0.05) is 48.0 Å². The summed E-state index contributed by atoms with van der Waals surface area (Å²) in [6, 6.07) is 17.7. The largest absolute Gasteiger partial charge is 0.348 e. The molecule has 4 heteroatoms. The van der Waals surface area contributed by atoms with Gasteiger partial charge in [0.25, 0.3) is 5.91 Å². The smallest absolute Gasteiger partial charge is 0.254 e. The fraction of sp³-hybridized carbons (Fsp3) is 0.100. The Balaban J connectivity index is 1.80. The fourth-order valence-electron chi connectivity index (χ4n) is 2.47. The molecule has 3 aromatic rings. The molecule has 0 unspecified atom stereocenters. The van der Waals surface area contributed by atoms with E-state index in [1.165, 1.54) is 17.7 Å². The first-order chi connectivity index (χ1) is 11.6. The Morgan fingerprint density at radius 1 is 1.04 bits per heavy atom. The second-order valence-corrected chi connectivity index (χ2v) is 5.54. The molecule has 3 rings (SSSR count). The van der Waals surface area contributed by atoms with Crippen LogP contribution in [-0.2, 0) is 6.54 Å². The van der Waals surface area contributed by atoms with Crippen molar-refractivity contribution in [3.05, 3.63) is 89.4 Å². The van der Waals surface area contributed by atoms with Crippen molar-refractivity contribution in [3.8, 4) is 11.3 Å². The van der Waals surface area contributed by atoms with Gasteiger partial charge in [0.2, 0.25) is 0 Å². The zero-order chi connectivity index (χ0) is 16.9. The maximum Gasteiger partial charge on any atom is 0.254 e. The molecule has 0 fully saturated rings. The Bertz CT molecular complexity index is 860. The second-order valence-electron chi connectivity index (χ2n) is 5.54. The Kier molecular flexibility index (Phi) is 4.66. The van der Waals surface area contributed by atoms with E-state index in [2.05, 4.69) is 10.3 Å². The summed E-state index contributed by atoms with van der Waals surface area (Å²) in [6.07, 6.45) is 1.72. The lowest BCUT2D eigenvalue weighted by atomic mass is 10.0. The van der Waals surface area contributed by atoms with Crippen LogP contribution in [0.2, 0.25) is 0 Å². The maximum atomic E-state index is 13.7. The molecule has 1 aromatic heterocycles. The number of benzene rings is 2. The highest BCUT2D eigenvalue weighted by Crippen LogP contribution is 2.21. The first kappa shape index (κ1) is 15.9. The number of aromatic nitrogens is 1. The number of carbonyl (C=O) groups is 1. The highest BCUT2D eigenvalue weighted by molar-refractivity contribution is 5.94. The molecule has 0 atom stereocenters. The van der Waals surface area contributed by atoms with Gasteiger partial charge >= 0.3 is 0 Å². The molecular formula is C20H17FN2O. The van der Waals surface area contributed by atoms with Gasteiger partial charge in [-0.05, 0) is 30.7 Å². The van der Waals surface area contributed by atoms with E-state index in [1.54, 1.807) is 18.3 Å². The third-order valence-electron chi connectivity index (χ3n) is 3.77. The monoisotopic (exact) mass is 320 g/mol. The van der Waals surface area contributed by atoms with Crippen LogP contribution in [0, 0.1) is 12.7 Å². The van der Waals surface area contributed by atoms with E-state index in [4.69, 9.17) is 0 Å². The number of halogens is 1. The van der Waals surface area contributed by atoms with E-state index in [1.807, 2.05) is 43.3 Å². The van der Waals surface area contributed by atoms with Crippen LogP contribution in [0.4, 0.5) is 4.39 Å². The summed E-state index contributed by atoms with van der Waals surface area (Å²) < 4.78 is 13.7. The van der Waals surface area contributed by atoms with E-state index in [0.717, 1.165) is 16.8 Å². The predicted molar refractivity (Wildman–Crippen MR) is 92.0 cm³/mol. The molecule has 0 bridgehead atoms. The number of rotatable bonds is 4. The molecule has 0 aliphatic rings. The summed E-state index contributed by atoms with van der Waals surface area (Å²) >= 11 is 0. The number of hydrogen-bond acceptors (Lipinski definition) is 2. The molecule has 0 saturated carbocycles. The van der Waals surface area contributed by atoms with Crippen molar-refractivity contribution < 1.29 is 9.18 Å². The summed E-state index contributed by atoms with van der Waals surface area (Å²) in [6.45, 7) is 2.31. The number of nitrogens with zero attached hydrogens (tertiary/aromatic N) is 1. The Morgan fingerprint density at radius 3 is 2.54 bits per heavy atom. The Hall–Kier alpha value is -3.01. The predicted octanol–water partition coefficient (Wildman–Crippen LogP) is 4.13. The molecule has 3 nitrogen and oxygen atoms in total. The van der Waals surface area contributed by atoms with E-state index in [9.17, 15) is 9.18 Å². The third kappa shape index (κ3) is 3.49. The molecule has 2 aromatic carbocycles. The van der Waals surface area contributed by atoms with Gasteiger partial charge in [0.15, 0.2) is 0 Å². The van der Waals surface area contributed by atoms with Gasteiger partial charge < -0.3 is 5.32 Å². The second kappa shape index (κ2) is 7.04. The Morgan fingerprint density at radius 2 is 1.79 bits per heavy atom. The molecular weight excluding hydrogens is 303 g/mol. The minimum absolute atomic E-state index is 0.0401. The average Bonchev–Trinajstić information content (AvgIpc) is 2.61. The normalized spacial score (nSPS) is 10.4. The highest BCUT2D eigenvalue weighted by Gasteiger charge is 2.12. The lowest BCUT2D eigenvalue weighted by Gasteiger charge is -2.10. The van der Waals surface area contributed by atoms with Crippen LogP contribution in [0.5, 0.6) is 0 Å². The molecule has 0 saturated heterocycles. The molecule has 120 valence electrons. The molecule has 1 N–H and O–H groups in total. The van der Waals surface area contributed by atoms with E-state index in [-0.39, 0.29) is 12.1 Å². The van der Waals surface area contributed by atoms with Gasteiger partial charge in [-0.25, -0.2) is 4.39 Å². The first-order valence-electron chi connectivity index (χ1n) is 7.69. The van der Waals surface area contributed by atoms with Gasteiger partial charge in [-0.3, -0.25) is 9.78 Å². The average molecular weight is 320 g/mol. The topological polar surface area (TPSA) is 42.0 Å². The molecule has 0 spiro atoms. The van der Waals surface area contributed by atoms with Crippen LogP contribution >= 0.6 is 0 Å². The van der Waals surface area contributed by atoms with Gasteiger partial charge in [0, 0.05) is 18.3 Å². The minimum atomic E-state index is -0.528. The lowest BCUT2D eigenvalue weighted by Crippen LogP contribution is -2.24. The molecule has 1 amide bonds. The van der Waals surface area contributed by atoms with Gasteiger partial charge in [-0.2, -0.15) is 0 Å². The van der Waals surface area contributed by atoms with Crippen LogP contribution in [-0.4, -0.2) is 10.9 Å². The summed E-state index contributed by atoms with van der Waals surface area (Å²) in [7, 11) is 0. The third-order valence-corrected chi connectivity index (χ3v) is 3.77. The van der Waals surface area contributed by atoms with Gasteiger partial charge in [-0.15, -0.1) is 0 Å². The van der Waals surface area contributed by atoms with Crippen molar-refractivity contribution in [3.63, 3.8) is 0 Å². The zero-order valence-electron chi connectivity index (χ0n) is 13.3. The maximum absolute atomic E-state index is 13.7. The number of amides is 1. The lowest BCUT2D eigenvalue weighted by molar-refractivity contribution is 0.0947. The Labute approximate surface area is 140 Å².